The summed E-state index contributed by atoms with van der Waals surface area (Å²) in [5.41, 5.74) is 1.12. The Morgan fingerprint density at radius 3 is 2.33 bits per heavy atom. The fourth-order valence-electron chi connectivity index (χ4n) is 1.49. The van der Waals surface area contributed by atoms with Crippen LogP contribution >= 0.6 is 12.6 Å². The van der Waals surface area contributed by atoms with Gasteiger partial charge in [0.15, 0.2) is 0 Å². The predicted molar refractivity (Wildman–Crippen MR) is 66.3 cm³/mol. The quantitative estimate of drug-likeness (QED) is 0.796. The second kappa shape index (κ2) is 4.79. The molecule has 2 nitrogen and oxygen atoms in total. The third-order valence-electron chi connectivity index (χ3n) is 2.11. The first-order valence-electron chi connectivity index (χ1n) is 4.89. The van der Waals surface area contributed by atoms with Crippen LogP contribution in [0.3, 0.4) is 0 Å². The van der Waals surface area contributed by atoms with Gasteiger partial charge in [-0.15, -0.1) is 0 Å². The minimum absolute atomic E-state index is 0.0559. The van der Waals surface area contributed by atoms with Gasteiger partial charge in [-0.25, -0.2) is 0 Å². The molecule has 0 amide bonds. The van der Waals surface area contributed by atoms with E-state index in [-0.39, 0.29) is 4.75 Å². The van der Waals surface area contributed by atoms with Gasteiger partial charge in [0.25, 0.3) is 0 Å². The van der Waals surface area contributed by atoms with Crippen LogP contribution in [0.1, 0.15) is 19.4 Å². The fraction of sp³-hybridized carbons (Fsp3) is 0.500. The van der Waals surface area contributed by atoms with Gasteiger partial charge in [0.1, 0.15) is 11.5 Å². The third kappa shape index (κ3) is 3.67. The van der Waals surface area contributed by atoms with Crippen LogP contribution in [-0.2, 0) is 6.42 Å². The van der Waals surface area contributed by atoms with Crippen molar-refractivity contribution in [3.05, 3.63) is 23.8 Å². The Hall–Kier alpha value is -0.830. The normalized spacial score (nSPS) is 11.3. The number of methoxy groups -OCH3 is 2. The van der Waals surface area contributed by atoms with E-state index in [1.807, 2.05) is 18.2 Å². The first kappa shape index (κ1) is 12.2. The van der Waals surface area contributed by atoms with Crippen LogP contribution in [0, 0.1) is 0 Å². The Morgan fingerprint density at radius 2 is 1.87 bits per heavy atom. The molecule has 0 N–H and O–H groups in total. The molecular formula is C12H18O2S. The Bertz CT molecular complexity index is 329. The molecule has 1 aromatic carbocycles. The third-order valence-corrected chi connectivity index (χ3v) is 2.27. The van der Waals surface area contributed by atoms with Crippen LogP contribution in [0.4, 0.5) is 0 Å². The summed E-state index contributed by atoms with van der Waals surface area (Å²) in [6, 6.07) is 5.82. The summed E-state index contributed by atoms with van der Waals surface area (Å²) < 4.78 is 10.4. The Morgan fingerprint density at radius 1 is 1.20 bits per heavy atom. The standard InChI is InChI=1S/C12H18O2S/c1-12(2,15)8-9-7-10(13-3)5-6-11(9)14-4/h5-7,15H,8H2,1-4H3. The number of thiol groups is 1. The van der Waals surface area contributed by atoms with Gasteiger partial charge in [-0.3, -0.25) is 0 Å². The number of benzene rings is 1. The highest BCUT2D eigenvalue weighted by molar-refractivity contribution is 7.81. The minimum Gasteiger partial charge on any atom is -0.497 e. The smallest absolute Gasteiger partial charge is 0.122 e. The molecule has 3 heteroatoms. The molecule has 0 bridgehead atoms. The van der Waals surface area contributed by atoms with Crippen LogP contribution in [0.25, 0.3) is 0 Å². The Balaban J connectivity index is 3.01. The molecule has 84 valence electrons. The first-order chi connectivity index (χ1) is 6.96. The lowest BCUT2D eigenvalue weighted by atomic mass is 10.0. The summed E-state index contributed by atoms with van der Waals surface area (Å²) in [5.74, 6) is 1.74. The fourth-order valence-corrected chi connectivity index (χ4v) is 1.66. The lowest BCUT2D eigenvalue weighted by Gasteiger charge is -2.19. The van der Waals surface area contributed by atoms with Crippen molar-refractivity contribution in [2.75, 3.05) is 14.2 Å². The topological polar surface area (TPSA) is 18.5 Å². The summed E-state index contributed by atoms with van der Waals surface area (Å²) in [7, 11) is 3.34. The number of rotatable bonds is 4. The van der Waals surface area contributed by atoms with Gasteiger partial charge >= 0.3 is 0 Å². The number of hydrogen-bond acceptors (Lipinski definition) is 3. The van der Waals surface area contributed by atoms with Crippen molar-refractivity contribution in [2.24, 2.45) is 0 Å². The molecule has 0 saturated carbocycles. The second-order valence-corrected chi connectivity index (χ2v) is 5.38. The van der Waals surface area contributed by atoms with Crippen LogP contribution in [0.2, 0.25) is 0 Å². The van der Waals surface area contributed by atoms with Crippen LogP contribution in [0.5, 0.6) is 11.5 Å². The van der Waals surface area contributed by atoms with Crippen molar-refractivity contribution < 1.29 is 9.47 Å². The average Bonchev–Trinajstić information content (AvgIpc) is 2.15. The molecule has 0 fully saturated rings. The molecule has 0 aliphatic heterocycles. The van der Waals surface area contributed by atoms with Crippen LogP contribution in [0.15, 0.2) is 18.2 Å². The summed E-state index contributed by atoms with van der Waals surface area (Å²) in [6.07, 6.45) is 0.844. The zero-order chi connectivity index (χ0) is 11.5. The van der Waals surface area contributed by atoms with E-state index in [1.165, 1.54) is 0 Å². The molecule has 0 atom stereocenters. The molecule has 15 heavy (non-hydrogen) atoms. The van der Waals surface area contributed by atoms with Gasteiger partial charge in [-0.1, -0.05) is 13.8 Å². The lowest BCUT2D eigenvalue weighted by Crippen LogP contribution is -2.14. The van der Waals surface area contributed by atoms with Gasteiger partial charge in [0.05, 0.1) is 14.2 Å². The van der Waals surface area contributed by atoms with Gasteiger partial charge in [-0.2, -0.15) is 12.6 Å². The van der Waals surface area contributed by atoms with Gasteiger partial charge in [0.2, 0.25) is 0 Å². The van der Waals surface area contributed by atoms with E-state index in [4.69, 9.17) is 9.47 Å². The maximum Gasteiger partial charge on any atom is 0.122 e. The van der Waals surface area contributed by atoms with Crippen molar-refractivity contribution in [2.45, 2.75) is 25.0 Å². The molecular weight excluding hydrogens is 208 g/mol. The molecule has 0 aromatic heterocycles. The zero-order valence-corrected chi connectivity index (χ0v) is 10.6. The maximum absolute atomic E-state index is 5.30. The lowest BCUT2D eigenvalue weighted by molar-refractivity contribution is 0.397. The average molecular weight is 226 g/mol. The summed E-state index contributed by atoms with van der Waals surface area (Å²) in [6.45, 7) is 4.16. The van der Waals surface area contributed by atoms with Crippen LogP contribution in [-0.4, -0.2) is 19.0 Å². The second-order valence-electron chi connectivity index (χ2n) is 4.17. The van der Waals surface area contributed by atoms with Crippen molar-refractivity contribution in [3.63, 3.8) is 0 Å². The SMILES string of the molecule is COc1ccc(OC)c(CC(C)(C)S)c1. The molecule has 0 aliphatic carbocycles. The molecule has 0 saturated heterocycles. The van der Waals surface area contributed by atoms with E-state index in [1.54, 1.807) is 14.2 Å². The predicted octanol–water partition coefficient (Wildman–Crippen LogP) is 2.95. The maximum atomic E-state index is 5.30. The molecule has 0 aliphatic rings. The first-order valence-corrected chi connectivity index (χ1v) is 5.34. The van der Waals surface area contributed by atoms with Crippen LogP contribution < -0.4 is 9.47 Å². The molecule has 0 unspecified atom stereocenters. The van der Waals surface area contributed by atoms with E-state index < -0.39 is 0 Å². The van der Waals surface area contributed by atoms with E-state index in [0.29, 0.717) is 0 Å². The minimum atomic E-state index is -0.0559. The van der Waals surface area contributed by atoms with Gasteiger partial charge in [0, 0.05) is 4.75 Å². The van der Waals surface area contributed by atoms with E-state index >= 15 is 0 Å². The highest BCUT2D eigenvalue weighted by atomic mass is 32.1. The van der Waals surface area contributed by atoms with Gasteiger partial charge in [-0.05, 0) is 30.2 Å². The molecule has 0 radical (unpaired) electrons. The highest BCUT2D eigenvalue weighted by Gasteiger charge is 2.16. The van der Waals surface area contributed by atoms with Gasteiger partial charge < -0.3 is 9.47 Å². The van der Waals surface area contributed by atoms with E-state index in [9.17, 15) is 0 Å². The molecule has 0 heterocycles. The highest BCUT2D eigenvalue weighted by Crippen LogP contribution is 2.29. The van der Waals surface area contributed by atoms with Crippen molar-refractivity contribution in [1.29, 1.82) is 0 Å². The summed E-state index contributed by atoms with van der Waals surface area (Å²) >= 11 is 4.52. The number of ether oxygens (including phenoxy) is 2. The summed E-state index contributed by atoms with van der Waals surface area (Å²) in [5, 5.41) is 0. The Labute approximate surface area is 97.0 Å². The summed E-state index contributed by atoms with van der Waals surface area (Å²) in [4.78, 5) is 0. The zero-order valence-electron chi connectivity index (χ0n) is 9.70. The van der Waals surface area contributed by atoms with Crippen molar-refractivity contribution >= 4 is 12.6 Å². The van der Waals surface area contributed by atoms with E-state index in [2.05, 4.69) is 26.5 Å². The molecule has 1 aromatic rings. The largest absolute Gasteiger partial charge is 0.497 e. The van der Waals surface area contributed by atoms with Crippen molar-refractivity contribution in [1.82, 2.24) is 0 Å². The number of hydrogen-bond donors (Lipinski definition) is 1. The van der Waals surface area contributed by atoms with E-state index in [0.717, 1.165) is 23.5 Å². The molecule has 0 spiro atoms. The van der Waals surface area contributed by atoms with Crippen molar-refractivity contribution in [3.8, 4) is 11.5 Å². The molecule has 1 rings (SSSR count). The monoisotopic (exact) mass is 226 g/mol. The Kier molecular flexibility index (Phi) is 3.91.